The van der Waals surface area contributed by atoms with E-state index in [-0.39, 0.29) is 6.04 Å². The molecule has 0 atom stereocenters. The smallest absolute Gasteiger partial charge is 0.434 e. The Labute approximate surface area is 228 Å². The van der Waals surface area contributed by atoms with Crippen LogP contribution in [0.25, 0.3) is 33.8 Å². The van der Waals surface area contributed by atoms with Crippen LogP contribution in [0.2, 0.25) is 0 Å². The van der Waals surface area contributed by atoms with E-state index in [1.807, 2.05) is 55.9 Å². The molecule has 4 heterocycles. The molecule has 6 rings (SSSR count). The van der Waals surface area contributed by atoms with Crippen molar-refractivity contribution in [1.29, 1.82) is 0 Å². The number of ether oxygens (including phenoxy) is 1. The molecule has 1 aliphatic rings. The second kappa shape index (κ2) is 9.72. The fraction of sp³-hybridized carbons (Fsp3) is 0.345. The third-order valence-corrected chi connectivity index (χ3v) is 7.21. The normalized spacial score (nSPS) is 13.9. The van der Waals surface area contributed by atoms with Crippen LogP contribution >= 0.6 is 0 Å². The van der Waals surface area contributed by atoms with Crippen molar-refractivity contribution < 1.29 is 17.9 Å². The molecule has 0 radical (unpaired) electrons. The van der Waals surface area contributed by atoms with Crippen molar-refractivity contribution in [1.82, 2.24) is 34.1 Å². The Morgan fingerprint density at radius 1 is 1.02 bits per heavy atom. The number of nitrogens with zero attached hydrogens (tertiary/aromatic N) is 7. The lowest BCUT2D eigenvalue weighted by Crippen LogP contribution is -2.05. The van der Waals surface area contributed by atoms with Crippen LogP contribution in [0.15, 0.2) is 49.2 Å². The van der Waals surface area contributed by atoms with Crippen LogP contribution in [-0.4, -0.2) is 41.2 Å². The van der Waals surface area contributed by atoms with E-state index >= 15 is 0 Å². The van der Waals surface area contributed by atoms with E-state index < -0.39 is 11.9 Å². The van der Waals surface area contributed by atoms with Crippen LogP contribution < -0.4 is 4.74 Å². The number of halogens is 3. The molecule has 4 aromatic heterocycles. The summed E-state index contributed by atoms with van der Waals surface area (Å²) in [6, 6.07) is 7.30. The molecule has 0 saturated heterocycles. The summed E-state index contributed by atoms with van der Waals surface area (Å²) in [5.74, 6) is 1.63. The molecule has 0 N–H and O–H groups in total. The first-order valence-electron chi connectivity index (χ1n) is 13.1. The van der Waals surface area contributed by atoms with Crippen LogP contribution in [0, 0.1) is 0 Å². The number of aromatic nitrogens is 7. The van der Waals surface area contributed by atoms with Crippen LogP contribution in [0.4, 0.5) is 13.2 Å². The zero-order chi connectivity index (χ0) is 28.2. The first-order valence-corrected chi connectivity index (χ1v) is 13.1. The van der Waals surface area contributed by atoms with Gasteiger partial charge in [-0.3, -0.25) is 0 Å². The molecule has 0 amide bonds. The average Bonchev–Trinajstić information content (AvgIpc) is 3.60. The van der Waals surface area contributed by atoms with Crippen LogP contribution in [0.1, 0.15) is 61.2 Å². The maximum Gasteiger partial charge on any atom is 0.434 e. The van der Waals surface area contributed by atoms with E-state index in [0.29, 0.717) is 35.4 Å². The van der Waals surface area contributed by atoms with Gasteiger partial charge in [-0.2, -0.15) is 13.2 Å². The third kappa shape index (κ3) is 4.69. The number of rotatable bonds is 7. The molecule has 0 aliphatic heterocycles. The molecule has 1 aliphatic carbocycles. The number of imidazole rings is 1. The van der Waals surface area contributed by atoms with E-state index in [2.05, 4.69) is 19.9 Å². The fourth-order valence-electron chi connectivity index (χ4n) is 5.03. The van der Waals surface area contributed by atoms with Gasteiger partial charge in [0.2, 0.25) is 5.88 Å². The molecule has 1 saturated carbocycles. The Balaban J connectivity index is 1.34. The summed E-state index contributed by atoms with van der Waals surface area (Å²) in [6.07, 6.45) is 4.63. The van der Waals surface area contributed by atoms with Crippen LogP contribution in [-0.2, 0) is 19.6 Å². The Morgan fingerprint density at radius 3 is 2.42 bits per heavy atom. The average molecular weight is 548 g/mol. The molecular weight excluding hydrogens is 519 g/mol. The lowest BCUT2D eigenvalue weighted by atomic mass is 10.0. The molecule has 0 unspecified atom stereocenters. The van der Waals surface area contributed by atoms with Gasteiger partial charge in [0, 0.05) is 48.9 Å². The van der Waals surface area contributed by atoms with Crippen molar-refractivity contribution in [3.8, 4) is 28.7 Å². The summed E-state index contributed by atoms with van der Waals surface area (Å²) in [7, 11) is 3.53. The highest BCUT2D eigenvalue weighted by Gasteiger charge is 2.35. The van der Waals surface area contributed by atoms with Gasteiger partial charge in [-0.25, -0.2) is 24.9 Å². The second-order valence-corrected chi connectivity index (χ2v) is 10.4. The fourth-order valence-corrected chi connectivity index (χ4v) is 5.03. The Morgan fingerprint density at radius 2 is 1.77 bits per heavy atom. The number of methoxy groups -OCH3 is 1. The van der Waals surface area contributed by atoms with Crippen LogP contribution in [0.5, 0.6) is 5.88 Å². The summed E-state index contributed by atoms with van der Waals surface area (Å²) >= 11 is 0. The minimum absolute atomic E-state index is 0.170. The van der Waals surface area contributed by atoms with Crippen molar-refractivity contribution in [2.24, 2.45) is 7.05 Å². The molecule has 1 fully saturated rings. The lowest BCUT2D eigenvalue weighted by molar-refractivity contribution is -0.140. The van der Waals surface area contributed by atoms with Crippen molar-refractivity contribution >= 4 is 11.0 Å². The summed E-state index contributed by atoms with van der Waals surface area (Å²) in [4.78, 5) is 22.3. The number of aryl methyl sites for hydroxylation is 1. The van der Waals surface area contributed by atoms with Crippen molar-refractivity contribution in [3.63, 3.8) is 0 Å². The Bertz CT molecular complexity index is 1700. The number of hydrogen-bond acceptors (Lipinski definition) is 6. The van der Waals surface area contributed by atoms with Gasteiger partial charge in [0.1, 0.15) is 17.7 Å². The van der Waals surface area contributed by atoms with Gasteiger partial charge < -0.3 is 13.9 Å². The standard InChI is InChI=1S/C29H28F3N7O/c1-16(2)39-14-22(29(30,31)32)36-27(39)19-7-5-17(6-8-19)11-20-13-38(3)21-12-33-26(37-24(20)21)23-25(18-9-10-18)34-15-35-28(23)40-4/h5-8,12-16,18H,9-11H2,1-4H3. The zero-order valence-corrected chi connectivity index (χ0v) is 22.6. The minimum Gasteiger partial charge on any atom is -0.480 e. The van der Waals surface area contributed by atoms with Gasteiger partial charge >= 0.3 is 6.18 Å². The van der Waals surface area contributed by atoms with Crippen molar-refractivity contribution in [2.75, 3.05) is 7.11 Å². The molecule has 11 heteroatoms. The van der Waals surface area contributed by atoms with Crippen molar-refractivity contribution in [3.05, 3.63) is 71.7 Å². The second-order valence-electron chi connectivity index (χ2n) is 10.4. The maximum atomic E-state index is 13.3. The van der Waals surface area contributed by atoms with Gasteiger partial charge in [0.15, 0.2) is 11.5 Å². The summed E-state index contributed by atoms with van der Waals surface area (Å²) in [6.45, 7) is 3.67. The van der Waals surface area contributed by atoms with E-state index in [1.165, 1.54) is 6.33 Å². The third-order valence-electron chi connectivity index (χ3n) is 7.21. The molecule has 5 aromatic rings. The molecular formula is C29H28F3N7O. The first-order chi connectivity index (χ1) is 19.1. The summed E-state index contributed by atoms with van der Waals surface area (Å²) < 4.78 is 49.1. The Kier molecular flexibility index (Phi) is 6.31. The van der Waals surface area contributed by atoms with Gasteiger partial charge in [0.05, 0.1) is 30.0 Å². The van der Waals surface area contributed by atoms with Gasteiger partial charge in [0.25, 0.3) is 0 Å². The Hall–Kier alpha value is -4.28. The topological polar surface area (TPSA) is 83.5 Å². The number of hydrogen-bond donors (Lipinski definition) is 0. The number of fused-ring (bicyclic) bond motifs is 1. The molecule has 8 nitrogen and oxygen atoms in total. The predicted molar refractivity (Wildman–Crippen MR) is 144 cm³/mol. The van der Waals surface area contributed by atoms with Gasteiger partial charge in [-0.05, 0) is 32.3 Å². The maximum absolute atomic E-state index is 13.3. The predicted octanol–water partition coefficient (Wildman–Crippen LogP) is 6.37. The van der Waals surface area contributed by atoms with E-state index in [4.69, 9.17) is 9.72 Å². The minimum atomic E-state index is -4.50. The first kappa shape index (κ1) is 26.0. The molecule has 40 heavy (non-hydrogen) atoms. The number of benzene rings is 1. The zero-order valence-electron chi connectivity index (χ0n) is 22.6. The quantitative estimate of drug-likeness (QED) is 0.236. The van der Waals surface area contributed by atoms with E-state index in [1.54, 1.807) is 17.9 Å². The monoisotopic (exact) mass is 547 g/mol. The SMILES string of the molecule is COc1ncnc(C2CC2)c1-c1ncc2c(n1)c(Cc1ccc(-c3nc(C(F)(F)F)cn3C(C)C)cc1)cn2C. The van der Waals surface area contributed by atoms with Crippen LogP contribution in [0.3, 0.4) is 0 Å². The largest absolute Gasteiger partial charge is 0.480 e. The number of alkyl halides is 3. The highest BCUT2D eigenvalue weighted by molar-refractivity contribution is 5.82. The summed E-state index contributed by atoms with van der Waals surface area (Å²) in [5.41, 5.74) is 5.07. The molecule has 206 valence electrons. The van der Waals surface area contributed by atoms with E-state index in [0.717, 1.165) is 52.5 Å². The van der Waals surface area contributed by atoms with E-state index in [9.17, 15) is 13.2 Å². The van der Waals surface area contributed by atoms with Gasteiger partial charge in [-0.15, -0.1) is 0 Å². The van der Waals surface area contributed by atoms with Crippen molar-refractivity contribution in [2.45, 2.75) is 51.2 Å². The molecule has 0 spiro atoms. The lowest BCUT2D eigenvalue weighted by Gasteiger charge is -2.12. The molecule has 0 bridgehead atoms. The summed E-state index contributed by atoms with van der Waals surface area (Å²) in [5, 5.41) is 0. The highest BCUT2D eigenvalue weighted by Crippen LogP contribution is 2.45. The van der Waals surface area contributed by atoms with Gasteiger partial charge in [-0.1, -0.05) is 24.3 Å². The molecule has 1 aromatic carbocycles. The highest BCUT2D eigenvalue weighted by atomic mass is 19.4.